The summed E-state index contributed by atoms with van der Waals surface area (Å²) in [4.78, 5) is 19.5. The minimum absolute atomic E-state index is 0.570. The summed E-state index contributed by atoms with van der Waals surface area (Å²) in [5.41, 5.74) is 1.30. The van der Waals surface area contributed by atoms with E-state index in [4.69, 9.17) is 5.11 Å². The molecular weight excluding hydrogens is 302 g/mol. The molecule has 0 aliphatic carbocycles. The van der Waals surface area contributed by atoms with Crippen LogP contribution in [0.3, 0.4) is 0 Å². The van der Waals surface area contributed by atoms with Gasteiger partial charge in [-0.2, -0.15) is 0 Å². The number of carbonyl (C=O) groups is 1. The smallest absolute Gasteiger partial charge is 0.407 e. The van der Waals surface area contributed by atoms with E-state index in [-0.39, 0.29) is 0 Å². The number of piperidine rings is 1. The maximum atomic E-state index is 11.0. The van der Waals surface area contributed by atoms with Crippen LogP contribution in [0.15, 0.2) is 18.3 Å². The minimum atomic E-state index is -0.805. The highest BCUT2D eigenvalue weighted by Gasteiger charge is 2.21. The Balaban J connectivity index is 1.79. The molecule has 134 valence electrons. The van der Waals surface area contributed by atoms with Gasteiger partial charge < -0.3 is 14.9 Å². The number of nitrogens with zero attached hydrogens (tertiary/aromatic N) is 3. The van der Waals surface area contributed by atoms with Crippen LogP contribution in [-0.4, -0.2) is 47.3 Å². The van der Waals surface area contributed by atoms with Crippen LogP contribution in [0.4, 0.5) is 10.6 Å². The number of hydrogen-bond donors (Lipinski definition) is 1. The molecule has 24 heavy (non-hydrogen) atoms. The van der Waals surface area contributed by atoms with Crippen molar-refractivity contribution in [2.24, 2.45) is 11.8 Å². The molecule has 2 rings (SSSR count). The predicted octanol–water partition coefficient (Wildman–Crippen LogP) is 3.89. The van der Waals surface area contributed by atoms with Gasteiger partial charge in [0.1, 0.15) is 5.82 Å². The summed E-state index contributed by atoms with van der Waals surface area (Å²) in [5, 5.41) is 9.08. The number of carboxylic acid groups (broad SMARTS) is 1. The molecule has 5 nitrogen and oxygen atoms in total. The van der Waals surface area contributed by atoms with Gasteiger partial charge in [-0.3, -0.25) is 0 Å². The summed E-state index contributed by atoms with van der Waals surface area (Å²) < 4.78 is 0. The highest BCUT2D eigenvalue weighted by Crippen LogP contribution is 2.24. The SMILES string of the molecule is CCN(CCC1CCN(c2ccc(CC(C)C)cn2)CC1)C(=O)O. The summed E-state index contributed by atoms with van der Waals surface area (Å²) in [7, 11) is 0. The highest BCUT2D eigenvalue weighted by atomic mass is 16.4. The second kappa shape index (κ2) is 8.90. The molecule has 0 atom stereocenters. The molecule has 0 bridgehead atoms. The van der Waals surface area contributed by atoms with Crippen LogP contribution in [0.25, 0.3) is 0 Å². The molecule has 1 saturated heterocycles. The van der Waals surface area contributed by atoms with Crippen molar-refractivity contribution in [1.82, 2.24) is 9.88 Å². The minimum Gasteiger partial charge on any atom is -0.465 e. The summed E-state index contributed by atoms with van der Waals surface area (Å²) >= 11 is 0. The lowest BCUT2D eigenvalue weighted by atomic mass is 9.93. The fourth-order valence-electron chi connectivity index (χ4n) is 3.37. The van der Waals surface area contributed by atoms with E-state index >= 15 is 0 Å². The Morgan fingerprint density at radius 2 is 2.08 bits per heavy atom. The van der Waals surface area contributed by atoms with E-state index in [1.54, 1.807) is 0 Å². The molecule has 0 aromatic carbocycles. The fourth-order valence-corrected chi connectivity index (χ4v) is 3.37. The van der Waals surface area contributed by atoms with Gasteiger partial charge in [0.15, 0.2) is 0 Å². The Labute approximate surface area is 145 Å². The van der Waals surface area contributed by atoms with Crippen molar-refractivity contribution >= 4 is 11.9 Å². The Morgan fingerprint density at radius 3 is 2.58 bits per heavy atom. The summed E-state index contributed by atoms with van der Waals surface area (Å²) in [6.07, 6.45) is 5.48. The van der Waals surface area contributed by atoms with Gasteiger partial charge in [0, 0.05) is 32.4 Å². The molecule has 1 aliphatic heterocycles. The van der Waals surface area contributed by atoms with Crippen molar-refractivity contribution in [3.05, 3.63) is 23.9 Å². The molecule has 1 N–H and O–H groups in total. The first-order chi connectivity index (χ1) is 11.5. The second-order valence-corrected chi connectivity index (χ2v) is 7.20. The van der Waals surface area contributed by atoms with Crippen LogP contribution >= 0.6 is 0 Å². The van der Waals surface area contributed by atoms with Crippen LogP contribution in [0.1, 0.15) is 45.6 Å². The predicted molar refractivity (Wildman–Crippen MR) is 97.6 cm³/mol. The largest absolute Gasteiger partial charge is 0.465 e. The van der Waals surface area contributed by atoms with Crippen LogP contribution < -0.4 is 4.90 Å². The van der Waals surface area contributed by atoms with Crippen molar-refractivity contribution in [2.75, 3.05) is 31.1 Å². The molecule has 1 amide bonds. The fraction of sp³-hybridized carbons (Fsp3) is 0.684. The number of rotatable bonds is 7. The molecule has 0 saturated carbocycles. The number of anilines is 1. The quantitative estimate of drug-likeness (QED) is 0.822. The van der Waals surface area contributed by atoms with Crippen molar-refractivity contribution < 1.29 is 9.90 Å². The van der Waals surface area contributed by atoms with E-state index in [1.807, 2.05) is 13.1 Å². The molecule has 2 heterocycles. The third-order valence-corrected chi connectivity index (χ3v) is 4.85. The molecule has 1 aliphatic rings. The zero-order valence-corrected chi connectivity index (χ0v) is 15.2. The number of amides is 1. The molecule has 0 radical (unpaired) electrons. The number of hydrogen-bond acceptors (Lipinski definition) is 3. The van der Waals surface area contributed by atoms with Gasteiger partial charge in [-0.25, -0.2) is 9.78 Å². The Hall–Kier alpha value is -1.78. The monoisotopic (exact) mass is 333 g/mol. The standard InChI is InChI=1S/C19H31N3O2/c1-4-21(19(23)24)10-7-16-8-11-22(12-9-16)18-6-5-17(14-20-18)13-15(2)3/h5-6,14-16H,4,7-13H2,1-3H3,(H,23,24). The van der Waals surface area contributed by atoms with Gasteiger partial charge in [-0.05, 0) is 56.1 Å². The van der Waals surface area contributed by atoms with Crippen molar-refractivity contribution in [2.45, 2.75) is 46.5 Å². The molecule has 1 aromatic heterocycles. The normalized spacial score (nSPS) is 15.8. The molecule has 0 unspecified atom stereocenters. The average molecular weight is 333 g/mol. The van der Waals surface area contributed by atoms with Crippen LogP contribution in [0, 0.1) is 11.8 Å². The summed E-state index contributed by atoms with van der Waals surface area (Å²) in [5.74, 6) is 2.35. The van der Waals surface area contributed by atoms with E-state index in [0.29, 0.717) is 24.9 Å². The van der Waals surface area contributed by atoms with Crippen molar-refractivity contribution in [1.29, 1.82) is 0 Å². The van der Waals surface area contributed by atoms with Gasteiger partial charge in [-0.1, -0.05) is 19.9 Å². The highest BCUT2D eigenvalue weighted by molar-refractivity contribution is 5.64. The Morgan fingerprint density at radius 1 is 1.38 bits per heavy atom. The van der Waals surface area contributed by atoms with Gasteiger partial charge in [0.2, 0.25) is 0 Å². The topological polar surface area (TPSA) is 56.7 Å². The molecule has 1 aromatic rings. The number of aromatic nitrogens is 1. The van der Waals surface area contributed by atoms with Crippen LogP contribution in [0.2, 0.25) is 0 Å². The van der Waals surface area contributed by atoms with Crippen molar-refractivity contribution in [3.63, 3.8) is 0 Å². The van der Waals surface area contributed by atoms with Gasteiger partial charge in [0.05, 0.1) is 0 Å². The van der Waals surface area contributed by atoms with Gasteiger partial charge >= 0.3 is 6.09 Å². The molecule has 1 fully saturated rings. The van der Waals surface area contributed by atoms with Crippen molar-refractivity contribution in [3.8, 4) is 0 Å². The summed E-state index contributed by atoms with van der Waals surface area (Å²) in [6.45, 7) is 9.59. The third kappa shape index (κ3) is 5.39. The number of pyridine rings is 1. The molecule has 5 heteroatoms. The van der Waals surface area contributed by atoms with E-state index in [9.17, 15) is 4.79 Å². The summed E-state index contributed by atoms with van der Waals surface area (Å²) in [6, 6.07) is 4.34. The van der Waals surface area contributed by atoms with E-state index in [2.05, 4.69) is 35.9 Å². The lowest BCUT2D eigenvalue weighted by Gasteiger charge is -2.33. The van der Waals surface area contributed by atoms with Gasteiger partial charge in [0.25, 0.3) is 0 Å². The van der Waals surface area contributed by atoms with Gasteiger partial charge in [-0.15, -0.1) is 0 Å². The zero-order valence-electron chi connectivity index (χ0n) is 15.2. The van der Waals surface area contributed by atoms with Crippen LogP contribution in [0.5, 0.6) is 0 Å². The lowest BCUT2D eigenvalue weighted by Crippen LogP contribution is -2.36. The first-order valence-corrected chi connectivity index (χ1v) is 9.17. The van der Waals surface area contributed by atoms with E-state index in [1.165, 1.54) is 10.5 Å². The maximum absolute atomic E-state index is 11.0. The second-order valence-electron chi connectivity index (χ2n) is 7.20. The first kappa shape index (κ1) is 18.6. The molecule has 0 spiro atoms. The lowest BCUT2D eigenvalue weighted by molar-refractivity contribution is 0.143. The average Bonchev–Trinajstić information content (AvgIpc) is 2.56. The van der Waals surface area contributed by atoms with E-state index in [0.717, 1.165) is 44.6 Å². The zero-order chi connectivity index (χ0) is 17.5. The van der Waals surface area contributed by atoms with Crippen LogP contribution in [-0.2, 0) is 6.42 Å². The third-order valence-electron chi connectivity index (χ3n) is 4.85. The molecular formula is C19H31N3O2. The maximum Gasteiger partial charge on any atom is 0.407 e. The van der Waals surface area contributed by atoms with E-state index < -0.39 is 6.09 Å². The Kier molecular flexibility index (Phi) is 6.88. The first-order valence-electron chi connectivity index (χ1n) is 9.17. The Bertz CT molecular complexity index is 508.